The molecular weight excluding hydrogens is 158 g/mol. The molecule has 0 aliphatic heterocycles. The van der Waals surface area contributed by atoms with Crippen LogP contribution in [0.3, 0.4) is 0 Å². The highest BCUT2D eigenvalue weighted by Gasteiger charge is 2.66. The molecule has 3 aliphatic rings. The Labute approximate surface area is 78.9 Å². The number of nitrogens with two attached hydrogens (primary N) is 1. The van der Waals surface area contributed by atoms with Crippen LogP contribution < -0.4 is 5.73 Å². The van der Waals surface area contributed by atoms with Gasteiger partial charge in [-0.1, -0.05) is 29.8 Å². The first-order valence-electron chi connectivity index (χ1n) is 4.98. The van der Waals surface area contributed by atoms with E-state index in [9.17, 15) is 0 Å². The van der Waals surface area contributed by atoms with Crippen molar-refractivity contribution in [3.05, 3.63) is 35.4 Å². The molecule has 1 heteroatoms. The molecule has 0 atom stereocenters. The van der Waals surface area contributed by atoms with Gasteiger partial charge in [0.2, 0.25) is 0 Å². The Balaban J connectivity index is 1.91. The van der Waals surface area contributed by atoms with Gasteiger partial charge in [-0.2, -0.15) is 0 Å². The van der Waals surface area contributed by atoms with Gasteiger partial charge in [-0.3, -0.25) is 0 Å². The third-order valence-electron chi connectivity index (χ3n) is 3.74. The molecule has 0 unspecified atom stereocenters. The molecule has 0 aromatic heterocycles. The third kappa shape index (κ3) is 0.856. The summed E-state index contributed by atoms with van der Waals surface area (Å²) < 4.78 is 0. The van der Waals surface area contributed by atoms with Crippen LogP contribution in [0, 0.1) is 6.92 Å². The normalized spacial score (nSPS) is 40.8. The number of hydrogen-bond acceptors (Lipinski definition) is 1. The van der Waals surface area contributed by atoms with Gasteiger partial charge in [0.1, 0.15) is 0 Å². The first kappa shape index (κ1) is 7.57. The SMILES string of the molecule is Cc1ccc(C23CC(N)(C2)C3)cc1. The molecule has 1 aromatic rings. The van der Waals surface area contributed by atoms with Crippen LogP contribution in [0.4, 0.5) is 0 Å². The lowest BCUT2D eigenvalue weighted by molar-refractivity contribution is -0.0590. The topological polar surface area (TPSA) is 26.0 Å². The number of hydrogen-bond donors (Lipinski definition) is 1. The number of benzene rings is 1. The van der Waals surface area contributed by atoms with Gasteiger partial charge in [-0.25, -0.2) is 0 Å². The summed E-state index contributed by atoms with van der Waals surface area (Å²) in [4.78, 5) is 0. The molecule has 4 rings (SSSR count). The molecule has 0 amide bonds. The highest BCUT2D eigenvalue weighted by atomic mass is 14.9. The van der Waals surface area contributed by atoms with Crippen LogP contribution in [-0.2, 0) is 5.41 Å². The number of rotatable bonds is 1. The van der Waals surface area contributed by atoms with E-state index in [1.54, 1.807) is 0 Å². The summed E-state index contributed by atoms with van der Waals surface area (Å²) in [6.45, 7) is 2.14. The van der Waals surface area contributed by atoms with Gasteiger partial charge in [0.15, 0.2) is 0 Å². The lowest BCUT2D eigenvalue weighted by Crippen LogP contribution is -2.74. The van der Waals surface area contributed by atoms with E-state index in [0.717, 1.165) is 0 Å². The van der Waals surface area contributed by atoms with Crippen LogP contribution in [0.25, 0.3) is 0 Å². The second-order valence-corrected chi connectivity index (χ2v) is 5.04. The molecule has 3 fully saturated rings. The first-order valence-corrected chi connectivity index (χ1v) is 4.98. The average molecular weight is 173 g/mol. The molecule has 2 bridgehead atoms. The first-order chi connectivity index (χ1) is 6.12. The monoisotopic (exact) mass is 173 g/mol. The summed E-state index contributed by atoms with van der Waals surface area (Å²) in [7, 11) is 0. The summed E-state index contributed by atoms with van der Waals surface area (Å²) in [5.41, 5.74) is 9.61. The second kappa shape index (κ2) is 1.98. The Morgan fingerprint density at radius 3 is 2.08 bits per heavy atom. The van der Waals surface area contributed by atoms with E-state index in [1.165, 1.54) is 30.4 Å². The highest BCUT2D eigenvalue weighted by Crippen LogP contribution is 2.66. The molecule has 0 saturated heterocycles. The van der Waals surface area contributed by atoms with Crippen LogP contribution in [0.15, 0.2) is 24.3 Å². The molecule has 13 heavy (non-hydrogen) atoms. The van der Waals surface area contributed by atoms with Crippen molar-refractivity contribution in [2.75, 3.05) is 0 Å². The highest BCUT2D eigenvalue weighted by molar-refractivity contribution is 5.41. The maximum atomic E-state index is 6.04. The Bertz CT molecular complexity index is 330. The van der Waals surface area contributed by atoms with Gasteiger partial charge in [-0.15, -0.1) is 0 Å². The van der Waals surface area contributed by atoms with Crippen molar-refractivity contribution in [1.29, 1.82) is 0 Å². The Morgan fingerprint density at radius 2 is 1.62 bits per heavy atom. The quantitative estimate of drug-likeness (QED) is 0.691. The van der Waals surface area contributed by atoms with Crippen molar-refractivity contribution in [2.24, 2.45) is 5.73 Å². The van der Waals surface area contributed by atoms with Gasteiger partial charge >= 0.3 is 0 Å². The summed E-state index contributed by atoms with van der Waals surface area (Å²) >= 11 is 0. The standard InChI is InChI=1S/C12H15N/c1-9-2-4-10(5-3-9)11-6-12(13,7-11)8-11/h2-5H,6-8,13H2,1H3. The predicted molar refractivity (Wildman–Crippen MR) is 53.6 cm³/mol. The zero-order valence-electron chi connectivity index (χ0n) is 8.01. The fourth-order valence-electron chi connectivity index (χ4n) is 3.08. The largest absolute Gasteiger partial charge is 0.325 e. The van der Waals surface area contributed by atoms with Crippen LogP contribution in [0.2, 0.25) is 0 Å². The molecule has 1 aromatic carbocycles. The molecular formula is C12H15N. The summed E-state index contributed by atoms with van der Waals surface area (Å²) in [6.07, 6.45) is 3.63. The minimum atomic E-state index is 0.227. The van der Waals surface area contributed by atoms with E-state index in [4.69, 9.17) is 5.73 Å². The van der Waals surface area contributed by atoms with E-state index < -0.39 is 0 Å². The average Bonchev–Trinajstić information content (AvgIpc) is 1.99. The molecule has 68 valence electrons. The lowest BCUT2D eigenvalue weighted by atomic mass is 9.38. The predicted octanol–water partition coefficient (Wildman–Crippen LogP) is 2.13. The van der Waals surface area contributed by atoms with Crippen LogP contribution in [0.1, 0.15) is 30.4 Å². The lowest BCUT2D eigenvalue weighted by Gasteiger charge is -2.69. The van der Waals surface area contributed by atoms with Crippen molar-refractivity contribution < 1.29 is 0 Å². The second-order valence-electron chi connectivity index (χ2n) is 5.04. The number of aryl methyl sites for hydroxylation is 1. The summed E-state index contributed by atoms with van der Waals surface area (Å²) in [6, 6.07) is 8.96. The summed E-state index contributed by atoms with van der Waals surface area (Å²) in [5, 5.41) is 0. The molecule has 0 radical (unpaired) electrons. The van der Waals surface area contributed by atoms with E-state index in [0.29, 0.717) is 5.41 Å². The van der Waals surface area contributed by atoms with Crippen molar-refractivity contribution in [1.82, 2.24) is 0 Å². The van der Waals surface area contributed by atoms with Crippen LogP contribution in [-0.4, -0.2) is 5.54 Å². The molecule has 0 heterocycles. The molecule has 1 nitrogen and oxygen atoms in total. The Kier molecular flexibility index (Phi) is 1.15. The van der Waals surface area contributed by atoms with Crippen molar-refractivity contribution in [3.8, 4) is 0 Å². The van der Waals surface area contributed by atoms with E-state index in [-0.39, 0.29) is 5.54 Å². The maximum absolute atomic E-state index is 6.04. The van der Waals surface area contributed by atoms with Crippen molar-refractivity contribution in [2.45, 2.75) is 37.1 Å². The summed E-state index contributed by atoms with van der Waals surface area (Å²) in [5.74, 6) is 0. The minimum absolute atomic E-state index is 0.227. The van der Waals surface area contributed by atoms with Gasteiger partial charge in [0.25, 0.3) is 0 Å². The molecule has 3 saturated carbocycles. The van der Waals surface area contributed by atoms with Crippen LogP contribution >= 0.6 is 0 Å². The van der Waals surface area contributed by atoms with Gasteiger partial charge < -0.3 is 5.73 Å². The Hall–Kier alpha value is -0.820. The van der Waals surface area contributed by atoms with Gasteiger partial charge in [0.05, 0.1) is 0 Å². The molecule has 2 N–H and O–H groups in total. The zero-order valence-corrected chi connectivity index (χ0v) is 8.01. The van der Waals surface area contributed by atoms with Gasteiger partial charge in [-0.05, 0) is 31.7 Å². The van der Waals surface area contributed by atoms with Gasteiger partial charge in [0, 0.05) is 11.0 Å². The van der Waals surface area contributed by atoms with Crippen LogP contribution in [0.5, 0.6) is 0 Å². The fourth-order valence-corrected chi connectivity index (χ4v) is 3.08. The van der Waals surface area contributed by atoms with E-state index in [2.05, 4.69) is 31.2 Å². The minimum Gasteiger partial charge on any atom is -0.325 e. The molecule has 3 aliphatic carbocycles. The molecule has 0 spiro atoms. The Morgan fingerprint density at radius 1 is 1.08 bits per heavy atom. The third-order valence-corrected chi connectivity index (χ3v) is 3.74. The van der Waals surface area contributed by atoms with Crippen molar-refractivity contribution >= 4 is 0 Å². The maximum Gasteiger partial charge on any atom is 0.0179 e. The zero-order chi connectivity index (χ0) is 9.10. The van der Waals surface area contributed by atoms with E-state index >= 15 is 0 Å². The van der Waals surface area contributed by atoms with Crippen molar-refractivity contribution in [3.63, 3.8) is 0 Å². The smallest absolute Gasteiger partial charge is 0.0179 e. The van der Waals surface area contributed by atoms with E-state index in [1.807, 2.05) is 0 Å². The fraction of sp³-hybridized carbons (Fsp3) is 0.500.